The number of carbonyl (C=O) groups excluding carboxylic acids is 1. The Morgan fingerprint density at radius 3 is 2.62 bits per heavy atom. The molecule has 3 aromatic carbocycles. The molecular weight excluding hydrogens is 425 g/mol. The first-order chi connectivity index (χ1) is 15.6. The first-order valence-corrected chi connectivity index (χ1v) is 10.7. The molecule has 1 amide bonds. The molecule has 0 aliphatic rings. The lowest BCUT2D eigenvalue weighted by Gasteiger charge is -2.10. The minimum absolute atomic E-state index is 0.287. The van der Waals surface area contributed by atoms with E-state index >= 15 is 0 Å². The molecule has 0 saturated carbocycles. The summed E-state index contributed by atoms with van der Waals surface area (Å²) in [6.45, 7) is 0.372. The van der Waals surface area contributed by atoms with E-state index < -0.39 is 0 Å². The lowest BCUT2D eigenvalue weighted by atomic mass is 10.1. The van der Waals surface area contributed by atoms with Gasteiger partial charge < -0.3 is 10.3 Å². The van der Waals surface area contributed by atoms with Crippen molar-refractivity contribution in [3.63, 3.8) is 0 Å². The van der Waals surface area contributed by atoms with Crippen molar-refractivity contribution < 1.29 is 9.18 Å². The van der Waals surface area contributed by atoms with Gasteiger partial charge in [0.15, 0.2) is 0 Å². The van der Waals surface area contributed by atoms with Crippen LogP contribution in [0, 0.1) is 5.82 Å². The molecule has 2 N–H and O–H groups in total. The van der Waals surface area contributed by atoms with Gasteiger partial charge in [-0.1, -0.05) is 60.1 Å². The van der Waals surface area contributed by atoms with Crippen molar-refractivity contribution in [3.05, 3.63) is 101 Å². The average Bonchev–Trinajstić information content (AvgIpc) is 3.18. The molecule has 6 heteroatoms. The molecule has 2 heterocycles. The van der Waals surface area contributed by atoms with Crippen molar-refractivity contribution in [2.24, 2.45) is 0 Å². The van der Waals surface area contributed by atoms with Gasteiger partial charge >= 0.3 is 0 Å². The highest BCUT2D eigenvalue weighted by atomic mass is 35.5. The number of nitrogens with zero attached hydrogens (tertiary/aromatic N) is 1. The lowest BCUT2D eigenvalue weighted by Crippen LogP contribution is -2.26. The molecule has 0 fully saturated rings. The summed E-state index contributed by atoms with van der Waals surface area (Å²) in [5, 5.41) is 5.37. The van der Waals surface area contributed by atoms with Crippen molar-refractivity contribution in [2.45, 2.75) is 6.42 Å². The Morgan fingerprint density at radius 1 is 0.969 bits per heavy atom. The molecule has 0 atom stereocenters. The molecule has 2 aromatic heterocycles. The molecule has 0 unspecified atom stereocenters. The maximum Gasteiger partial charge on any atom is 0.269 e. The van der Waals surface area contributed by atoms with E-state index in [1.807, 2.05) is 48.5 Å². The second kappa shape index (κ2) is 8.44. The van der Waals surface area contributed by atoms with Gasteiger partial charge in [-0.05, 0) is 42.3 Å². The molecular formula is C26H19ClFN3O. The molecule has 32 heavy (non-hydrogen) atoms. The fourth-order valence-electron chi connectivity index (χ4n) is 3.91. The number of hydrogen-bond donors (Lipinski definition) is 2. The fraction of sp³-hybridized carbons (Fsp3) is 0.0769. The number of halogens is 2. The summed E-state index contributed by atoms with van der Waals surface area (Å²) in [7, 11) is 0. The normalized spacial score (nSPS) is 11.2. The number of aromatic nitrogens is 2. The van der Waals surface area contributed by atoms with Crippen LogP contribution >= 0.6 is 11.6 Å². The van der Waals surface area contributed by atoms with Gasteiger partial charge in [0.1, 0.15) is 11.5 Å². The summed E-state index contributed by atoms with van der Waals surface area (Å²) in [5.74, 6) is -0.577. The van der Waals surface area contributed by atoms with Crippen LogP contribution in [0.1, 0.15) is 16.1 Å². The number of amides is 1. The molecule has 0 bridgehead atoms. The fourth-order valence-corrected chi connectivity index (χ4v) is 4.14. The highest BCUT2D eigenvalue weighted by Crippen LogP contribution is 2.35. The van der Waals surface area contributed by atoms with Crippen molar-refractivity contribution >= 4 is 39.3 Å². The third-order valence-electron chi connectivity index (χ3n) is 5.45. The quantitative estimate of drug-likeness (QED) is 0.342. The van der Waals surface area contributed by atoms with Crippen LogP contribution in [0.3, 0.4) is 0 Å². The van der Waals surface area contributed by atoms with E-state index in [-0.39, 0.29) is 11.7 Å². The number of benzene rings is 3. The maximum absolute atomic E-state index is 13.4. The Hall–Kier alpha value is -3.70. The highest BCUT2D eigenvalue weighted by Gasteiger charge is 2.18. The first-order valence-electron chi connectivity index (χ1n) is 10.3. The lowest BCUT2D eigenvalue weighted by molar-refractivity contribution is 0.0949. The average molecular weight is 444 g/mol. The molecule has 0 radical (unpaired) electrons. The second-order valence-electron chi connectivity index (χ2n) is 7.56. The van der Waals surface area contributed by atoms with Gasteiger partial charge in [-0.3, -0.25) is 4.79 Å². The van der Waals surface area contributed by atoms with Crippen molar-refractivity contribution in [3.8, 4) is 11.3 Å². The van der Waals surface area contributed by atoms with E-state index in [9.17, 15) is 9.18 Å². The predicted octanol–water partition coefficient (Wildman–Crippen LogP) is 6.15. The Balaban J connectivity index is 1.53. The van der Waals surface area contributed by atoms with Gasteiger partial charge in [-0.25, -0.2) is 9.37 Å². The van der Waals surface area contributed by atoms with Crippen LogP contribution in [-0.2, 0) is 6.42 Å². The minimum Gasteiger partial charge on any atom is -0.353 e. The smallest absolute Gasteiger partial charge is 0.269 e. The molecule has 158 valence electrons. The van der Waals surface area contributed by atoms with Crippen LogP contribution in [0.2, 0.25) is 5.02 Å². The van der Waals surface area contributed by atoms with Crippen molar-refractivity contribution in [1.82, 2.24) is 15.3 Å². The van der Waals surface area contributed by atoms with Gasteiger partial charge in [0, 0.05) is 28.4 Å². The van der Waals surface area contributed by atoms with Gasteiger partial charge in [0.05, 0.1) is 16.2 Å². The number of pyridine rings is 1. The molecule has 0 saturated heterocycles. The topological polar surface area (TPSA) is 57.8 Å². The van der Waals surface area contributed by atoms with E-state index in [1.165, 1.54) is 12.1 Å². The van der Waals surface area contributed by atoms with E-state index in [2.05, 4.69) is 15.3 Å². The number of aromatic amines is 1. The van der Waals surface area contributed by atoms with Crippen LogP contribution in [0.25, 0.3) is 33.1 Å². The molecule has 0 aliphatic heterocycles. The Morgan fingerprint density at radius 2 is 1.78 bits per heavy atom. The number of carbonyl (C=O) groups is 1. The molecule has 0 spiro atoms. The Bertz CT molecular complexity index is 1460. The zero-order chi connectivity index (χ0) is 22.1. The van der Waals surface area contributed by atoms with Gasteiger partial charge in [0.2, 0.25) is 0 Å². The van der Waals surface area contributed by atoms with Gasteiger partial charge in [-0.15, -0.1) is 0 Å². The Labute approximate surface area is 189 Å². The zero-order valence-corrected chi connectivity index (χ0v) is 17.8. The largest absolute Gasteiger partial charge is 0.353 e. The minimum atomic E-state index is -0.290. The Kier molecular flexibility index (Phi) is 5.33. The monoisotopic (exact) mass is 443 g/mol. The number of H-pyrrole nitrogens is 1. The van der Waals surface area contributed by atoms with Gasteiger partial charge in [-0.2, -0.15) is 0 Å². The van der Waals surface area contributed by atoms with Crippen LogP contribution in [-0.4, -0.2) is 22.4 Å². The predicted molar refractivity (Wildman–Crippen MR) is 126 cm³/mol. The van der Waals surface area contributed by atoms with Gasteiger partial charge in [0.25, 0.3) is 5.91 Å². The molecule has 4 nitrogen and oxygen atoms in total. The van der Waals surface area contributed by atoms with Crippen LogP contribution in [0.4, 0.5) is 4.39 Å². The zero-order valence-electron chi connectivity index (χ0n) is 17.0. The van der Waals surface area contributed by atoms with E-state index in [0.717, 1.165) is 32.9 Å². The maximum atomic E-state index is 13.4. The molecule has 5 rings (SSSR count). The van der Waals surface area contributed by atoms with E-state index in [4.69, 9.17) is 11.6 Å². The number of rotatable bonds is 5. The van der Waals surface area contributed by atoms with Crippen LogP contribution < -0.4 is 5.32 Å². The summed E-state index contributed by atoms with van der Waals surface area (Å²) in [5.41, 5.74) is 4.29. The van der Waals surface area contributed by atoms with Crippen LogP contribution in [0.5, 0.6) is 0 Å². The number of nitrogens with one attached hydrogen (secondary N) is 2. The molecule has 5 aromatic rings. The van der Waals surface area contributed by atoms with Crippen LogP contribution in [0.15, 0.2) is 78.9 Å². The van der Waals surface area contributed by atoms with Crippen molar-refractivity contribution in [1.29, 1.82) is 0 Å². The molecule has 0 aliphatic carbocycles. The number of para-hydroxylation sites is 1. The highest BCUT2D eigenvalue weighted by molar-refractivity contribution is 6.33. The number of fused-ring (bicyclic) bond motifs is 3. The second-order valence-corrected chi connectivity index (χ2v) is 7.97. The van der Waals surface area contributed by atoms with E-state index in [1.54, 1.807) is 18.2 Å². The summed E-state index contributed by atoms with van der Waals surface area (Å²) < 4.78 is 13.4. The summed E-state index contributed by atoms with van der Waals surface area (Å²) in [6, 6.07) is 23.5. The summed E-state index contributed by atoms with van der Waals surface area (Å²) in [6.07, 6.45) is 0.524. The van der Waals surface area contributed by atoms with E-state index in [0.29, 0.717) is 29.4 Å². The SMILES string of the molecule is O=C(NCCc1cccc(F)c1)c1cc2c([nH]c3ccccc32)c(-c2ccccc2Cl)n1. The summed E-state index contributed by atoms with van der Waals surface area (Å²) >= 11 is 6.47. The summed E-state index contributed by atoms with van der Waals surface area (Å²) in [4.78, 5) is 21.1. The van der Waals surface area contributed by atoms with Crippen molar-refractivity contribution in [2.75, 3.05) is 6.54 Å². The third kappa shape index (κ3) is 3.83. The third-order valence-corrected chi connectivity index (χ3v) is 5.78. The standard InChI is InChI=1S/C26H19ClFN3O/c27-21-10-3-1-9-19(21)24-25-20(18-8-2-4-11-22(18)30-25)15-23(31-24)26(32)29-13-12-16-6-5-7-17(28)14-16/h1-11,14-15,30H,12-13H2,(H,29,32). The first kappa shape index (κ1) is 20.2. The number of hydrogen-bond acceptors (Lipinski definition) is 2.